The third-order valence-electron chi connectivity index (χ3n) is 4.02. The number of nitrogens with one attached hydrogen (secondary N) is 1. The summed E-state index contributed by atoms with van der Waals surface area (Å²) in [5.41, 5.74) is 0.356. The van der Waals surface area contributed by atoms with Crippen molar-refractivity contribution < 1.29 is 9.59 Å². The van der Waals surface area contributed by atoms with Gasteiger partial charge >= 0.3 is 0 Å². The first-order valence-corrected chi connectivity index (χ1v) is 6.52. The normalized spacial score (nSPS) is 31.4. The Morgan fingerprint density at radius 1 is 1.41 bits per heavy atom. The Balaban J connectivity index is 1.96. The molecule has 1 aliphatic heterocycles. The van der Waals surface area contributed by atoms with Crippen molar-refractivity contribution in [1.29, 1.82) is 0 Å². The fraction of sp³-hybridized carbons (Fsp3) is 0.846. The number of amides is 2. The van der Waals surface area contributed by atoms with E-state index in [4.69, 9.17) is 0 Å². The second-order valence-corrected chi connectivity index (χ2v) is 6.02. The van der Waals surface area contributed by atoms with Gasteiger partial charge in [0, 0.05) is 6.54 Å². The van der Waals surface area contributed by atoms with E-state index < -0.39 is 0 Å². The van der Waals surface area contributed by atoms with Crippen molar-refractivity contribution in [3.05, 3.63) is 0 Å². The molecule has 0 aromatic carbocycles. The highest BCUT2D eigenvalue weighted by atomic mass is 16.2. The Morgan fingerprint density at radius 2 is 2.06 bits per heavy atom. The summed E-state index contributed by atoms with van der Waals surface area (Å²) >= 11 is 0. The lowest BCUT2D eigenvalue weighted by Crippen LogP contribution is -2.58. The molecule has 2 fully saturated rings. The van der Waals surface area contributed by atoms with Gasteiger partial charge < -0.3 is 10.2 Å². The van der Waals surface area contributed by atoms with Gasteiger partial charge in [-0.25, -0.2) is 0 Å². The minimum Gasteiger partial charge on any atom is -0.343 e. The standard InChI is InChI=1S/C13H22N2O2/c1-4-5-10-12(17)15(8-11(16)14-10)7-9-6-13(9,2)3/h9-10H,4-8H2,1-3H3,(H,14,16). The molecule has 0 radical (unpaired) electrons. The predicted octanol–water partition coefficient (Wildman–Crippen LogP) is 1.16. The number of hydrogen-bond acceptors (Lipinski definition) is 2. The Morgan fingerprint density at radius 3 is 2.59 bits per heavy atom. The molecule has 4 nitrogen and oxygen atoms in total. The van der Waals surface area contributed by atoms with Crippen LogP contribution in [0.2, 0.25) is 0 Å². The average Bonchev–Trinajstić information content (AvgIpc) is 2.82. The van der Waals surface area contributed by atoms with Crippen molar-refractivity contribution in [1.82, 2.24) is 10.2 Å². The number of carbonyl (C=O) groups excluding carboxylic acids is 2. The molecule has 4 heteroatoms. The number of hydrogen-bond donors (Lipinski definition) is 1. The van der Waals surface area contributed by atoms with Crippen molar-refractivity contribution in [3.63, 3.8) is 0 Å². The molecule has 2 unspecified atom stereocenters. The first-order chi connectivity index (χ1) is 7.94. The lowest BCUT2D eigenvalue weighted by Gasteiger charge is -2.32. The van der Waals surface area contributed by atoms with E-state index in [0.29, 0.717) is 11.3 Å². The Labute approximate surface area is 103 Å². The molecule has 2 amide bonds. The van der Waals surface area contributed by atoms with Crippen LogP contribution >= 0.6 is 0 Å². The lowest BCUT2D eigenvalue weighted by atomic mass is 10.1. The highest BCUT2D eigenvalue weighted by molar-refractivity contribution is 5.94. The molecule has 0 aromatic heterocycles. The molecule has 2 atom stereocenters. The molecule has 1 N–H and O–H groups in total. The van der Waals surface area contributed by atoms with Crippen LogP contribution in [0.5, 0.6) is 0 Å². The minimum absolute atomic E-state index is 0.0125. The van der Waals surface area contributed by atoms with Gasteiger partial charge in [0.25, 0.3) is 0 Å². The van der Waals surface area contributed by atoms with Crippen LogP contribution < -0.4 is 5.32 Å². The van der Waals surface area contributed by atoms with E-state index in [0.717, 1.165) is 25.8 Å². The highest BCUT2D eigenvalue weighted by Gasteiger charge is 2.47. The second kappa shape index (κ2) is 4.31. The maximum Gasteiger partial charge on any atom is 0.245 e. The van der Waals surface area contributed by atoms with Crippen LogP contribution in [0.25, 0.3) is 0 Å². The van der Waals surface area contributed by atoms with Gasteiger partial charge in [0.15, 0.2) is 0 Å². The summed E-state index contributed by atoms with van der Waals surface area (Å²) < 4.78 is 0. The fourth-order valence-corrected chi connectivity index (χ4v) is 2.57. The smallest absolute Gasteiger partial charge is 0.245 e. The van der Waals surface area contributed by atoms with E-state index >= 15 is 0 Å². The fourth-order valence-electron chi connectivity index (χ4n) is 2.57. The van der Waals surface area contributed by atoms with Gasteiger partial charge in [-0.15, -0.1) is 0 Å². The summed E-state index contributed by atoms with van der Waals surface area (Å²) in [7, 11) is 0. The molecule has 0 spiro atoms. The lowest BCUT2D eigenvalue weighted by molar-refractivity contribution is -0.144. The van der Waals surface area contributed by atoms with Crippen LogP contribution in [-0.4, -0.2) is 35.8 Å². The molecule has 2 rings (SSSR count). The first-order valence-electron chi connectivity index (χ1n) is 6.52. The van der Waals surface area contributed by atoms with E-state index in [1.165, 1.54) is 0 Å². The molecule has 1 heterocycles. The summed E-state index contributed by atoms with van der Waals surface area (Å²) in [6, 6.07) is -0.289. The van der Waals surface area contributed by atoms with E-state index in [-0.39, 0.29) is 24.4 Å². The Bertz CT molecular complexity index is 338. The van der Waals surface area contributed by atoms with E-state index in [9.17, 15) is 9.59 Å². The number of piperazine rings is 1. The van der Waals surface area contributed by atoms with Gasteiger partial charge in [0.1, 0.15) is 6.04 Å². The van der Waals surface area contributed by atoms with Gasteiger partial charge in [-0.3, -0.25) is 9.59 Å². The highest BCUT2D eigenvalue weighted by Crippen LogP contribution is 2.51. The molecular weight excluding hydrogens is 216 g/mol. The SMILES string of the molecule is CCCC1NC(=O)CN(CC2CC2(C)C)C1=O. The maximum atomic E-state index is 12.1. The summed E-state index contributed by atoms with van der Waals surface area (Å²) in [6.07, 6.45) is 2.82. The predicted molar refractivity (Wildman–Crippen MR) is 65.3 cm³/mol. The number of rotatable bonds is 4. The maximum absolute atomic E-state index is 12.1. The molecular formula is C13H22N2O2. The molecule has 96 valence electrons. The van der Waals surface area contributed by atoms with Crippen LogP contribution in [0.15, 0.2) is 0 Å². The number of carbonyl (C=O) groups is 2. The monoisotopic (exact) mass is 238 g/mol. The third kappa shape index (κ3) is 2.61. The molecule has 2 aliphatic rings. The summed E-state index contributed by atoms with van der Waals surface area (Å²) in [4.78, 5) is 25.5. The van der Waals surface area contributed by atoms with Gasteiger partial charge in [-0.2, -0.15) is 0 Å². The zero-order chi connectivity index (χ0) is 12.6. The Kier molecular flexibility index (Phi) is 3.15. The summed E-state index contributed by atoms with van der Waals surface area (Å²) in [5, 5.41) is 2.78. The third-order valence-corrected chi connectivity index (χ3v) is 4.02. The Hall–Kier alpha value is -1.06. The van der Waals surface area contributed by atoms with E-state index in [1.807, 2.05) is 6.92 Å². The minimum atomic E-state index is -0.289. The van der Waals surface area contributed by atoms with Crippen LogP contribution in [0, 0.1) is 11.3 Å². The van der Waals surface area contributed by atoms with E-state index in [1.54, 1.807) is 4.90 Å². The molecule has 0 aromatic rings. The van der Waals surface area contributed by atoms with Crippen molar-refractivity contribution in [3.8, 4) is 0 Å². The summed E-state index contributed by atoms with van der Waals surface area (Å²) in [5.74, 6) is 0.662. The average molecular weight is 238 g/mol. The van der Waals surface area contributed by atoms with Crippen molar-refractivity contribution in [2.24, 2.45) is 11.3 Å². The van der Waals surface area contributed by atoms with Crippen molar-refractivity contribution in [2.75, 3.05) is 13.1 Å². The van der Waals surface area contributed by atoms with E-state index in [2.05, 4.69) is 19.2 Å². The van der Waals surface area contributed by atoms with Crippen molar-refractivity contribution in [2.45, 2.75) is 46.1 Å². The van der Waals surface area contributed by atoms with Crippen LogP contribution in [0.4, 0.5) is 0 Å². The topological polar surface area (TPSA) is 49.4 Å². The van der Waals surface area contributed by atoms with Gasteiger partial charge in [0.2, 0.25) is 11.8 Å². The zero-order valence-corrected chi connectivity index (χ0v) is 11.0. The molecule has 1 saturated heterocycles. The van der Waals surface area contributed by atoms with Crippen LogP contribution in [0.3, 0.4) is 0 Å². The molecule has 1 aliphatic carbocycles. The van der Waals surface area contributed by atoms with Crippen molar-refractivity contribution >= 4 is 11.8 Å². The largest absolute Gasteiger partial charge is 0.343 e. The van der Waals surface area contributed by atoms with Crippen LogP contribution in [0.1, 0.15) is 40.0 Å². The van der Waals surface area contributed by atoms with Gasteiger partial charge in [0.05, 0.1) is 6.54 Å². The second-order valence-electron chi connectivity index (χ2n) is 6.02. The van der Waals surface area contributed by atoms with Crippen LogP contribution in [-0.2, 0) is 9.59 Å². The molecule has 17 heavy (non-hydrogen) atoms. The quantitative estimate of drug-likeness (QED) is 0.799. The molecule has 0 bridgehead atoms. The van der Waals surface area contributed by atoms with Gasteiger partial charge in [-0.1, -0.05) is 27.2 Å². The summed E-state index contributed by atoms with van der Waals surface area (Å²) in [6.45, 7) is 7.46. The van der Waals surface area contributed by atoms with Gasteiger partial charge in [-0.05, 0) is 24.2 Å². The number of nitrogens with zero attached hydrogens (tertiary/aromatic N) is 1. The first kappa shape index (κ1) is 12.4. The zero-order valence-electron chi connectivity index (χ0n) is 11.0. The molecule has 1 saturated carbocycles.